The van der Waals surface area contributed by atoms with Gasteiger partial charge in [0.25, 0.3) is 0 Å². The van der Waals surface area contributed by atoms with E-state index < -0.39 is 10.0 Å². The molecule has 0 aliphatic carbocycles. The summed E-state index contributed by atoms with van der Waals surface area (Å²) in [5.41, 5.74) is 8.87. The topological polar surface area (TPSA) is 86.2 Å². The van der Waals surface area contributed by atoms with Crippen LogP contribution in [0.2, 0.25) is 0 Å². The number of aryl methyl sites for hydroxylation is 2. The van der Waals surface area contributed by atoms with Crippen molar-refractivity contribution in [2.24, 2.45) is 5.73 Å². The Morgan fingerprint density at radius 2 is 1.78 bits per heavy atom. The Balaban J connectivity index is 2.01. The van der Waals surface area contributed by atoms with E-state index in [2.05, 4.69) is 9.71 Å². The molecule has 0 amide bonds. The Morgan fingerprint density at radius 3 is 2.43 bits per heavy atom. The van der Waals surface area contributed by atoms with E-state index in [0.717, 1.165) is 23.1 Å². The van der Waals surface area contributed by atoms with Gasteiger partial charge in [-0.05, 0) is 42.7 Å². The van der Waals surface area contributed by atoms with E-state index in [4.69, 9.17) is 5.73 Å². The molecule has 0 bridgehead atoms. The van der Waals surface area contributed by atoms with Crippen LogP contribution in [0.1, 0.15) is 16.7 Å². The lowest BCUT2D eigenvalue weighted by atomic mass is 10.1. The van der Waals surface area contributed by atoms with Gasteiger partial charge in [0, 0.05) is 6.42 Å². The molecule has 0 aliphatic heterocycles. The molecule has 5 nitrogen and oxygen atoms in total. The summed E-state index contributed by atoms with van der Waals surface area (Å²) < 4.78 is 26.9. The van der Waals surface area contributed by atoms with E-state index in [0.29, 0.717) is 6.54 Å². The second-order valence-electron chi connectivity index (χ2n) is 5.43. The molecule has 0 aromatic heterocycles. The highest BCUT2D eigenvalue weighted by Gasteiger charge is 2.19. The molecule has 2 rings (SSSR count). The van der Waals surface area contributed by atoms with Crippen LogP contribution in [0, 0.1) is 13.8 Å². The smallest absolute Gasteiger partial charge is 0.290 e. The molecule has 23 heavy (non-hydrogen) atoms. The molecule has 2 aromatic rings. The minimum absolute atomic E-state index is 0.0270. The number of guanidine groups is 1. The molecule has 122 valence electrons. The van der Waals surface area contributed by atoms with Crippen LogP contribution in [0.25, 0.3) is 0 Å². The molecule has 2 aromatic carbocycles. The number of rotatable bonds is 5. The summed E-state index contributed by atoms with van der Waals surface area (Å²) in [4.78, 5) is 3.09. The number of nitrogens with one attached hydrogen (secondary N) is 2. The monoisotopic (exact) mass is 332 g/mol. The van der Waals surface area contributed by atoms with Gasteiger partial charge in [0.2, 0.25) is 0 Å². The molecule has 0 unspecified atom stereocenters. The first-order valence-electron chi connectivity index (χ1n) is 7.39. The quantitative estimate of drug-likeness (QED) is 0.541. The summed E-state index contributed by atoms with van der Waals surface area (Å²) in [5.74, 6) is 0.0270. The fraction of sp³-hybridized carbons (Fsp3) is 0.235. The van der Waals surface area contributed by atoms with Crippen LogP contribution < -0.4 is 15.4 Å². The van der Waals surface area contributed by atoms with E-state index in [1.54, 1.807) is 18.2 Å². The lowest BCUT2D eigenvalue weighted by Gasteiger charge is -2.05. The number of hydrogen-bond donors (Lipinski definition) is 3. The van der Waals surface area contributed by atoms with Crippen LogP contribution in [-0.4, -0.2) is 20.9 Å². The summed E-state index contributed by atoms with van der Waals surface area (Å²) in [7, 11) is -3.67. The van der Waals surface area contributed by atoms with Crippen molar-refractivity contribution in [2.45, 2.75) is 25.2 Å². The Hall–Kier alpha value is -2.34. The van der Waals surface area contributed by atoms with E-state index in [-0.39, 0.29) is 10.9 Å². The first kappa shape index (κ1) is 17.0. The van der Waals surface area contributed by atoms with Gasteiger partial charge in [-0.25, -0.2) is 0 Å². The fourth-order valence-electron chi connectivity index (χ4n) is 2.11. The fourth-order valence-corrected chi connectivity index (χ4v) is 3.17. The third-order valence-corrected chi connectivity index (χ3v) is 4.97. The van der Waals surface area contributed by atoms with E-state index in [9.17, 15) is 8.42 Å². The first-order valence-corrected chi connectivity index (χ1v) is 8.87. The maximum atomic E-state index is 12.3. The molecule has 0 saturated heterocycles. The third kappa shape index (κ3) is 4.82. The Bertz CT molecular complexity index is 800. The predicted molar refractivity (Wildman–Crippen MR) is 91.4 cm³/mol. The minimum atomic E-state index is -3.67. The van der Waals surface area contributed by atoms with Crippen molar-refractivity contribution in [3.63, 3.8) is 0 Å². The Morgan fingerprint density at radius 1 is 1.09 bits per heavy atom. The minimum Gasteiger partial charge on any atom is -0.290 e. The van der Waals surface area contributed by atoms with Crippen molar-refractivity contribution in [3.05, 3.63) is 65.2 Å². The number of benzene rings is 2. The number of nitrogens with two attached hydrogens (primary N) is 1. The standard InChI is InChI=1S/C17H21N3O2S/c1-13-8-9-16(12-14(13)2)23(21,22)20-17(18)19-11-10-15-6-4-3-5-7-15/h3-9,12H,10-11H2,1-2H3,(H3,18,19,20)/p+1. The van der Waals surface area contributed by atoms with Gasteiger partial charge in [-0.1, -0.05) is 36.4 Å². The van der Waals surface area contributed by atoms with Crippen LogP contribution in [0.3, 0.4) is 0 Å². The van der Waals surface area contributed by atoms with Crippen molar-refractivity contribution < 1.29 is 13.4 Å². The maximum Gasteiger partial charge on any atom is 0.356 e. The molecule has 0 saturated carbocycles. The SMILES string of the molecule is Cc1ccc(S(=O)(=O)NC(N)=[NH+]CCc2ccccc2)cc1C. The second kappa shape index (κ2) is 7.28. The molecular weight excluding hydrogens is 310 g/mol. The Labute approximate surface area is 137 Å². The summed E-state index contributed by atoms with van der Waals surface area (Å²) in [5, 5.41) is 0. The summed E-state index contributed by atoms with van der Waals surface area (Å²) >= 11 is 0. The molecule has 0 fully saturated rings. The van der Waals surface area contributed by atoms with Gasteiger partial charge in [-0.3, -0.25) is 10.7 Å². The number of sulfonamides is 1. The zero-order valence-corrected chi connectivity index (χ0v) is 14.2. The number of hydrogen-bond acceptors (Lipinski definition) is 2. The van der Waals surface area contributed by atoms with E-state index in [1.165, 1.54) is 0 Å². The molecule has 0 aliphatic rings. The van der Waals surface area contributed by atoms with Gasteiger partial charge < -0.3 is 0 Å². The average Bonchev–Trinajstić information content (AvgIpc) is 2.50. The van der Waals surface area contributed by atoms with Crippen molar-refractivity contribution in [1.29, 1.82) is 0 Å². The molecule has 0 atom stereocenters. The molecule has 4 N–H and O–H groups in total. The Kier molecular flexibility index (Phi) is 5.39. The molecule has 0 heterocycles. The third-order valence-electron chi connectivity index (χ3n) is 3.60. The van der Waals surface area contributed by atoms with Gasteiger partial charge in [0.05, 0.1) is 6.54 Å². The summed E-state index contributed by atoms with van der Waals surface area (Å²) in [6.45, 7) is 4.36. The summed E-state index contributed by atoms with van der Waals surface area (Å²) in [6, 6.07) is 14.9. The van der Waals surface area contributed by atoms with Gasteiger partial charge in [0.1, 0.15) is 4.90 Å². The normalized spacial score (nSPS) is 12.2. The molecular formula is C17H22N3O2S+. The van der Waals surface area contributed by atoms with Crippen LogP contribution in [0.5, 0.6) is 0 Å². The lowest BCUT2D eigenvalue weighted by Crippen LogP contribution is -2.79. The van der Waals surface area contributed by atoms with Crippen LogP contribution in [-0.2, 0) is 16.4 Å². The average molecular weight is 332 g/mol. The summed E-state index contributed by atoms with van der Waals surface area (Å²) in [6.07, 6.45) is 0.757. The van der Waals surface area contributed by atoms with Crippen molar-refractivity contribution >= 4 is 16.0 Å². The lowest BCUT2D eigenvalue weighted by molar-refractivity contribution is -0.459. The van der Waals surface area contributed by atoms with Gasteiger partial charge in [-0.2, -0.15) is 13.1 Å². The molecule has 6 heteroatoms. The van der Waals surface area contributed by atoms with Crippen molar-refractivity contribution in [3.8, 4) is 0 Å². The molecule has 0 spiro atoms. The maximum absolute atomic E-state index is 12.3. The predicted octanol–water partition coefficient (Wildman–Crippen LogP) is 0.220. The van der Waals surface area contributed by atoms with E-state index >= 15 is 0 Å². The molecule has 0 radical (unpaired) electrons. The van der Waals surface area contributed by atoms with Crippen molar-refractivity contribution in [2.75, 3.05) is 6.54 Å². The second-order valence-corrected chi connectivity index (χ2v) is 7.11. The zero-order valence-electron chi connectivity index (χ0n) is 13.3. The first-order chi connectivity index (χ1) is 10.9. The van der Waals surface area contributed by atoms with Crippen molar-refractivity contribution in [1.82, 2.24) is 4.72 Å². The van der Waals surface area contributed by atoms with Crippen LogP contribution in [0.4, 0.5) is 0 Å². The largest absolute Gasteiger partial charge is 0.356 e. The van der Waals surface area contributed by atoms with Gasteiger partial charge >= 0.3 is 16.0 Å². The van der Waals surface area contributed by atoms with Crippen LogP contribution >= 0.6 is 0 Å². The highest BCUT2D eigenvalue weighted by Crippen LogP contribution is 2.14. The zero-order chi connectivity index (χ0) is 16.9. The highest BCUT2D eigenvalue weighted by atomic mass is 32.2. The van der Waals surface area contributed by atoms with E-state index in [1.807, 2.05) is 44.2 Å². The highest BCUT2D eigenvalue weighted by molar-refractivity contribution is 7.90. The van der Waals surface area contributed by atoms with Gasteiger partial charge in [-0.15, -0.1) is 0 Å². The van der Waals surface area contributed by atoms with Crippen LogP contribution in [0.15, 0.2) is 53.4 Å². The van der Waals surface area contributed by atoms with Gasteiger partial charge in [0.15, 0.2) is 0 Å².